The Hall–Kier alpha value is -5.04. The van der Waals surface area contributed by atoms with E-state index in [4.69, 9.17) is 35.3 Å². The number of phenols is 1. The minimum atomic E-state index is -1.26. The summed E-state index contributed by atoms with van der Waals surface area (Å²) in [4.78, 5) is 32.7. The maximum Gasteiger partial charge on any atom is 0.409 e. The van der Waals surface area contributed by atoms with Gasteiger partial charge in [0, 0.05) is 48.1 Å². The number of rotatable bonds is 7. The van der Waals surface area contributed by atoms with Gasteiger partial charge in [-0.15, -0.1) is 6.42 Å². The molecule has 1 amide bonds. The summed E-state index contributed by atoms with van der Waals surface area (Å²) < 4.78 is 55.8. The zero-order valence-electron chi connectivity index (χ0n) is 34.4. The van der Waals surface area contributed by atoms with Crippen molar-refractivity contribution >= 4 is 33.6 Å². The van der Waals surface area contributed by atoms with E-state index in [1.54, 1.807) is 6.92 Å². The second kappa shape index (κ2) is 15.5. The topological polar surface area (TPSA) is 143 Å². The second-order valence-electron chi connectivity index (χ2n) is 17.9. The summed E-state index contributed by atoms with van der Waals surface area (Å²) in [5.74, 6) is 0.889. The molecule has 0 radical (unpaired) electrons. The number of amides is 1. The predicted molar refractivity (Wildman–Crippen MR) is 220 cm³/mol. The molecule has 15 heteroatoms. The van der Waals surface area contributed by atoms with Crippen molar-refractivity contribution < 1.29 is 42.7 Å². The van der Waals surface area contributed by atoms with Gasteiger partial charge in [0.05, 0.1) is 46.1 Å². The fraction of sp³-hybridized carbons (Fsp3) is 0.556. The molecule has 2 aliphatic carbocycles. The zero-order chi connectivity index (χ0) is 42.0. The number of carbonyl (C=O) groups is 1. The van der Waals surface area contributed by atoms with Gasteiger partial charge in [-0.25, -0.2) is 18.6 Å². The van der Waals surface area contributed by atoms with Crippen molar-refractivity contribution in [1.82, 2.24) is 24.8 Å². The van der Waals surface area contributed by atoms with Gasteiger partial charge < -0.3 is 39.0 Å². The molecule has 0 bridgehead atoms. The molecule has 1 spiro atoms. The highest BCUT2D eigenvalue weighted by Crippen LogP contribution is 2.56. The number of benzene rings is 2. The average Bonchev–Trinajstić information content (AvgIpc) is 3.58. The molecular formula is C45H52F2N6O7. The number of carbonyl (C=O) groups excluding carboxylic acids is 1. The first-order valence-electron chi connectivity index (χ1n) is 21.0. The van der Waals surface area contributed by atoms with Gasteiger partial charge >= 0.3 is 12.1 Å². The molecule has 0 unspecified atom stereocenters. The number of likely N-dealkylation sites (tertiary alicyclic amines) is 2. The molecule has 3 aliphatic heterocycles. The lowest BCUT2D eigenvalue weighted by atomic mass is 9.59. The minimum Gasteiger partial charge on any atom is -0.508 e. The van der Waals surface area contributed by atoms with Crippen LogP contribution < -0.4 is 14.4 Å². The Morgan fingerprint density at radius 3 is 2.57 bits per heavy atom. The van der Waals surface area contributed by atoms with Crippen molar-refractivity contribution in [2.24, 2.45) is 10.8 Å². The molecule has 3 saturated heterocycles. The third-order valence-corrected chi connectivity index (χ3v) is 14.0. The molecule has 9 rings (SSSR count). The van der Waals surface area contributed by atoms with Crippen molar-refractivity contribution in [3.05, 3.63) is 41.5 Å². The molecule has 318 valence electrons. The lowest BCUT2D eigenvalue weighted by Gasteiger charge is -2.59. The number of phenolic OH excluding ortho intramolecular Hbond substituents is 1. The molecule has 2 aromatic heterocycles. The number of halogens is 2. The van der Waals surface area contributed by atoms with E-state index in [2.05, 4.69) is 15.8 Å². The summed E-state index contributed by atoms with van der Waals surface area (Å²) in [7, 11) is 2.83. The van der Waals surface area contributed by atoms with Crippen LogP contribution in [0.15, 0.2) is 24.3 Å². The minimum absolute atomic E-state index is 0.0190. The maximum absolute atomic E-state index is 17.4. The number of methoxy groups -OCH3 is 2. The van der Waals surface area contributed by atoms with Crippen LogP contribution in [0.3, 0.4) is 0 Å². The Bertz CT molecular complexity index is 2370. The number of piperidine rings is 2. The van der Waals surface area contributed by atoms with E-state index in [1.165, 1.54) is 38.5 Å². The molecule has 2 saturated carbocycles. The Labute approximate surface area is 348 Å². The van der Waals surface area contributed by atoms with Gasteiger partial charge in [0.25, 0.3) is 0 Å². The number of pyridine rings is 1. The Morgan fingerprint density at radius 1 is 1.03 bits per heavy atom. The summed E-state index contributed by atoms with van der Waals surface area (Å²) in [6.45, 7) is 5.30. The lowest BCUT2D eigenvalue weighted by molar-refractivity contribution is -0.0954. The molecule has 5 heterocycles. The van der Waals surface area contributed by atoms with Gasteiger partial charge in [0.1, 0.15) is 39.6 Å². The Morgan fingerprint density at radius 2 is 1.82 bits per heavy atom. The number of aromatic nitrogens is 3. The van der Waals surface area contributed by atoms with Crippen LogP contribution in [0.1, 0.15) is 70.3 Å². The number of anilines is 1. The fourth-order valence-corrected chi connectivity index (χ4v) is 11.1. The molecule has 2 N–H and O–H groups in total. The molecular weight excluding hydrogens is 775 g/mol. The highest BCUT2D eigenvalue weighted by atomic mass is 19.1. The third-order valence-electron chi connectivity index (χ3n) is 14.0. The van der Waals surface area contributed by atoms with Crippen LogP contribution in [0.5, 0.6) is 17.6 Å². The molecule has 2 aromatic carbocycles. The zero-order valence-corrected chi connectivity index (χ0v) is 34.4. The van der Waals surface area contributed by atoms with Crippen molar-refractivity contribution in [2.45, 2.75) is 82.4 Å². The van der Waals surface area contributed by atoms with E-state index >= 15 is 8.78 Å². The summed E-state index contributed by atoms with van der Waals surface area (Å²) in [6.07, 6.45) is 14.9. The van der Waals surface area contributed by atoms with Crippen LogP contribution in [0, 0.1) is 34.8 Å². The summed E-state index contributed by atoms with van der Waals surface area (Å²) >= 11 is 0. The number of terminal acetylenes is 1. The van der Waals surface area contributed by atoms with E-state index in [9.17, 15) is 15.0 Å². The summed E-state index contributed by atoms with van der Waals surface area (Å²) in [6, 6.07) is 6.15. The van der Waals surface area contributed by atoms with Crippen LogP contribution in [0.4, 0.5) is 19.4 Å². The number of nitrogens with zero attached hydrogens (tertiary/aromatic N) is 6. The summed E-state index contributed by atoms with van der Waals surface area (Å²) in [5, 5.41) is 22.8. The number of aromatic hydroxyl groups is 1. The van der Waals surface area contributed by atoms with Gasteiger partial charge in [0.15, 0.2) is 5.82 Å². The highest BCUT2D eigenvalue weighted by Gasteiger charge is 2.55. The number of aliphatic hydroxyl groups is 1. The first-order chi connectivity index (χ1) is 28.9. The third kappa shape index (κ3) is 7.00. The van der Waals surface area contributed by atoms with Gasteiger partial charge in [-0.2, -0.15) is 9.97 Å². The largest absolute Gasteiger partial charge is 0.508 e. The standard InChI is InChI=1S/C45H52F2N6O7/c1-5-30-32(46)10-9-27-20-29(54)21-31(34(27)30)37-36(47)38-35(40(48-37)57-3)39(52-18-19-59-25-43(2,56)24-52)50-41(49-38)60-26-45-11-6-8-33(45)53(15-7-12-45)28-22-44(23-28)13-16-51(17-14-44)42(55)58-4/h1,9-10,20-21,28,33,54,56H,6-8,11-19,22-26H2,2-4H3/t33-,43+,45-/m1/s1. The van der Waals surface area contributed by atoms with E-state index in [0.29, 0.717) is 30.6 Å². The molecule has 4 aromatic rings. The molecule has 5 fully saturated rings. The van der Waals surface area contributed by atoms with Crippen LogP contribution in [-0.4, -0.2) is 126 Å². The molecule has 5 aliphatic rings. The number of fused-ring (bicyclic) bond motifs is 3. The SMILES string of the molecule is C#Cc1c(F)ccc2cc(O)cc(-c3nc(OC)c4c(N5CCOC[C@@](C)(O)C5)nc(OC[C@]56CCC[C@H]5N(C5CC7(CCN(C(=O)OC)CC7)C5)CCC6)nc4c3F)c12. The first-order valence-corrected chi connectivity index (χ1v) is 21.0. The van der Waals surface area contributed by atoms with Crippen LogP contribution in [0.2, 0.25) is 0 Å². The van der Waals surface area contributed by atoms with Crippen molar-refractivity contribution in [1.29, 1.82) is 0 Å². The van der Waals surface area contributed by atoms with Crippen LogP contribution in [0.25, 0.3) is 32.9 Å². The van der Waals surface area contributed by atoms with E-state index in [0.717, 1.165) is 77.4 Å². The van der Waals surface area contributed by atoms with Crippen LogP contribution in [-0.2, 0) is 9.47 Å². The van der Waals surface area contributed by atoms with Crippen molar-refractivity contribution in [2.75, 3.05) is 71.7 Å². The number of β-amino-alcohol motifs (C(OH)–C–C–N with tert-alkyl or cyclic N) is 1. The molecule has 3 atom stereocenters. The average molecular weight is 827 g/mol. The maximum atomic E-state index is 17.4. The smallest absolute Gasteiger partial charge is 0.409 e. The normalized spacial score (nSPS) is 25.8. The summed E-state index contributed by atoms with van der Waals surface area (Å²) in [5.41, 5.74) is -1.59. The highest BCUT2D eigenvalue weighted by molar-refractivity contribution is 6.04. The van der Waals surface area contributed by atoms with E-state index in [1.807, 2.05) is 9.80 Å². The van der Waals surface area contributed by atoms with Crippen molar-refractivity contribution in [3.8, 4) is 41.2 Å². The number of hydrogen-bond donors (Lipinski definition) is 2. The van der Waals surface area contributed by atoms with Gasteiger partial charge in [-0.3, -0.25) is 4.90 Å². The second-order valence-corrected chi connectivity index (χ2v) is 17.9. The monoisotopic (exact) mass is 826 g/mol. The van der Waals surface area contributed by atoms with Gasteiger partial charge in [-0.05, 0) is 93.8 Å². The Kier molecular flexibility index (Phi) is 10.4. The molecule has 13 nitrogen and oxygen atoms in total. The van der Waals surface area contributed by atoms with E-state index < -0.39 is 17.2 Å². The number of ether oxygens (including phenoxy) is 4. The van der Waals surface area contributed by atoms with Crippen molar-refractivity contribution in [3.63, 3.8) is 0 Å². The predicted octanol–water partition coefficient (Wildman–Crippen LogP) is 6.43. The fourth-order valence-electron chi connectivity index (χ4n) is 11.1. The number of hydrogen-bond acceptors (Lipinski definition) is 12. The molecule has 60 heavy (non-hydrogen) atoms. The quantitative estimate of drug-likeness (QED) is 0.198. The van der Waals surface area contributed by atoms with Gasteiger partial charge in [0.2, 0.25) is 5.88 Å². The lowest BCUT2D eigenvalue weighted by Crippen LogP contribution is -2.62. The Balaban J connectivity index is 1.08. The van der Waals surface area contributed by atoms with Gasteiger partial charge in [-0.1, -0.05) is 18.4 Å². The van der Waals surface area contributed by atoms with Crippen LogP contribution >= 0.6 is 0 Å². The van der Waals surface area contributed by atoms with E-state index in [-0.39, 0.29) is 93.2 Å². The first kappa shape index (κ1) is 40.4.